The molecule has 3 aromatic rings. The molecule has 1 aliphatic heterocycles. The molecular weight excluding hydrogens is 440 g/mol. The second kappa shape index (κ2) is 9.76. The van der Waals surface area contributed by atoms with Crippen LogP contribution in [0.4, 0.5) is 5.82 Å². The van der Waals surface area contributed by atoms with Gasteiger partial charge in [-0.2, -0.15) is 9.29 Å². The fourth-order valence-electron chi connectivity index (χ4n) is 3.76. The normalized spacial score (nSPS) is 14.8. The molecule has 0 atom stereocenters. The summed E-state index contributed by atoms with van der Waals surface area (Å²) in [6.07, 6.45) is 0. The van der Waals surface area contributed by atoms with Gasteiger partial charge < -0.3 is 14.4 Å². The fraction of sp³-hybridized carbons (Fsp3) is 0.333. The third-order valence-corrected chi connectivity index (χ3v) is 7.31. The van der Waals surface area contributed by atoms with E-state index in [1.807, 2.05) is 51.1 Å². The van der Waals surface area contributed by atoms with Crippen molar-refractivity contribution in [1.82, 2.24) is 14.3 Å². The third-order valence-electron chi connectivity index (χ3n) is 5.41. The number of piperazine rings is 1. The van der Waals surface area contributed by atoms with Crippen LogP contribution in [-0.4, -0.2) is 55.5 Å². The van der Waals surface area contributed by atoms with Crippen LogP contribution in [0.25, 0.3) is 0 Å². The van der Waals surface area contributed by atoms with Gasteiger partial charge in [-0.15, -0.1) is 0 Å². The SMILES string of the molecule is CCOc1ccc(S(=O)(=O)N2CCN(c3cc(Oc4ccccc4)nc(C)n3)CC2)cc1C. The van der Waals surface area contributed by atoms with E-state index >= 15 is 0 Å². The summed E-state index contributed by atoms with van der Waals surface area (Å²) in [5.41, 5.74) is 0.805. The van der Waals surface area contributed by atoms with Crippen LogP contribution in [0.2, 0.25) is 0 Å². The van der Waals surface area contributed by atoms with Crippen molar-refractivity contribution in [2.45, 2.75) is 25.7 Å². The lowest BCUT2D eigenvalue weighted by Crippen LogP contribution is -2.49. The van der Waals surface area contributed by atoms with Crippen molar-refractivity contribution in [2.75, 3.05) is 37.7 Å². The number of para-hydroxylation sites is 1. The molecule has 0 aliphatic carbocycles. The monoisotopic (exact) mass is 468 g/mol. The largest absolute Gasteiger partial charge is 0.494 e. The molecule has 1 fully saturated rings. The summed E-state index contributed by atoms with van der Waals surface area (Å²) in [5.74, 6) is 3.18. The van der Waals surface area contributed by atoms with Gasteiger partial charge in [0.2, 0.25) is 15.9 Å². The zero-order valence-electron chi connectivity index (χ0n) is 19.1. The number of ether oxygens (including phenoxy) is 2. The lowest BCUT2D eigenvalue weighted by atomic mass is 10.2. The molecule has 0 amide bonds. The number of benzene rings is 2. The smallest absolute Gasteiger partial charge is 0.243 e. The van der Waals surface area contributed by atoms with Gasteiger partial charge >= 0.3 is 0 Å². The zero-order chi connectivity index (χ0) is 23.4. The van der Waals surface area contributed by atoms with Crippen molar-refractivity contribution in [3.63, 3.8) is 0 Å². The molecule has 9 heteroatoms. The Bertz CT molecular complexity index is 1210. The summed E-state index contributed by atoms with van der Waals surface area (Å²) in [7, 11) is -3.59. The summed E-state index contributed by atoms with van der Waals surface area (Å²) in [6.45, 7) is 7.89. The van der Waals surface area contributed by atoms with Crippen LogP contribution in [0.5, 0.6) is 17.4 Å². The number of rotatable bonds is 7. The quantitative estimate of drug-likeness (QED) is 0.521. The van der Waals surface area contributed by atoms with Crippen molar-refractivity contribution in [1.29, 1.82) is 0 Å². The van der Waals surface area contributed by atoms with Crippen LogP contribution in [0, 0.1) is 13.8 Å². The van der Waals surface area contributed by atoms with Crippen molar-refractivity contribution in [3.05, 3.63) is 66.0 Å². The summed E-state index contributed by atoms with van der Waals surface area (Å²) in [5, 5.41) is 0. The van der Waals surface area contributed by atoms with Crippen molar-refractivity contribution in [2.24, 2.45) is 0 Å². The molecule has 0 radical (unpaired) electrons. The molecule has 1 aromatic heterocycles. The Morgan fingerprint density at radius 3 is 2.33 bits per heavy atom. The van der Waals surface area contributed by atoms with E-state index in [1.54, 1.807) is 24.3 Å². The highest BCUT2D eigenvalue weighted by Gasteiger charge is 2.29. The lowest BCUT2D eigenvalue weighted by molar-refractivity contribution is 0.337. The fourth-order valence-corrected chi connectivity index (χ4v) is 5.26. The van der Waals surface area contributed by atoms with Gasteiger partial charge in [0.15, 0.2) is 0 Å². The topological polar surface area (TPSA) is 84.9 Å². The summed E-state index contributed by atoms with van der Waals surface area (Å²) < 4.78 is 39.3. The van der Waals surface area contributed by atoms with E-state index in [9.17, 15) is 8.42 Å². The molecule has 0 unspecified atom stereocenters. The number of nitrogens with zero attached hydrogens (tertiary/aromatic N) is 4. The highest BCUT2D eigenvalue weighted by Crippen LogP contribution is 2.27. The van der Waals surface area contributed by atoms with Gasteiger partial charge in [0.1, 0.15) is 23.1 Å². The lowest BCUT2D eigenvalue weighted by Gasteiger charge is -2.34. The number of aryl methyl sites for hydroxylation is 2. The molecule has 1 aliphatic rings. The maximum atomic E-state index is 13.2. The predicted molar refractivity (Wildman–Crippen MR) is 127 cm³/mol. The van der Waals surface area contributed by atoms with Crippen LogP contribution in [0.3, 0.4) is 0 Å². The first kappa shape index (κ1) is 23.0. The van der Waals surface area contributed by atoms with E-state index in [0.29, 0.717) is 56.0 Å². The van der Waals surface area contributed by atoms with E-state index < -0.39 is 10.0 Å². The zero-order valence-corrected chi connectivity index (χ0v) is 19.9. The second-order valence-electron chi connectivity index (χ2n) is 7.78. The Balaban J connectivity index is 1.46. The van der Waals surface area contributed by atoms with Gasteiger partial charge in [-0.1, -0.05) is 18.2 Å². The number of hydrogen-bond acceptors (Lipinski definition) is 7. The minimum Gasteiger partial charge on any atom is -0.494 e. The molecular formula is C24H28N4O4S. The molecule has 8 nitrogen and oxygen atoms in total. The van der Waals surface area contributed by atoms with Gasteiger partial charge in [-0.05, 0) is 56.7 Å². The first-order chi connectivity index (χ1) is 15.9. The molecule has 0 bridgehead atoms. The Hall–Kier alpha value is -3.17. The second-order valence-corrected chi connectivity index (χ2v) is 9.72. The van der Waals surface area contributed by atoms with Gasteiger partial charge in [0.05, 0.1) is 11.5 Å². The predicted octanol–water partition coefficient (Wildman–Crippen LogP) is 3.80. The number of aromatic nitrogens is 2. The highest BCUT2D eigenvalue weighted by molar-refractivity contribution is 7.89. The van der Waals surface area contributed by atoms with Crippen LogP contribution in [0.1, 0.15) is 18.3 Å². The summed E-state index contributed by atoms with van der Waals surface area (Å²) in [6, 6.07) is 16.2. The Morgan fingerprint density at radius 1 is 0.939 bits per heavy atom. The van der Waals surface area contributed by atoms with Crippen molar-refractivity contribution < 1.29 is 17.9 Å². The van der Waals surface area contributed by atoms with Crippen LogP contribution < -0.4 is 14.4 Å². The van der Waals surface area contributed by atoms with Crippen LogP contribution in [-0.2, 0) is 10.0 Å². The van der Waals surface area contributed by atoms with Gasteiger partial charge in [-0.25, -0.2) is 13.4 Å². The van der Waals surface area contributed by atoms with Crippen LogP contribution >= 0.6 is 0 Å². The number of anilines is 1. The molecule has 0 spiro atoms. The standard InChI is InChI=1S/C24H28N4O4S/c1-4-31-22-11-10-21(16-18(22)2)33(29,30)28-14-12-27(13-15-28)23-17-24(26-19(3)25-23)32-20-8-6-5-7-9-20/h5-11,16-17H,4,12-15H2,1-3H3. The van der Waals surface area contributed by atoms with E-state index in [2.05, 4.69) is 14.9 Å². The first-order valence-corrected chi connectivity index (χ1v) is 12.4. The molecule has 1 saturated heterocycles. The van der Waals surface area contributed by atoms with E-state index in [-0.39, 0.29) is 4.90 Å². The molecule has 174 valence electrons. The Morgan fingerprint density at radius 2 is 1.67 bits per heavy atom. The maximum Gasteiger partial charge on any atom is 0.243 e. The Kier molecular flexibility index (Phi) is 6.80. The average molecular weight is 469 g/mol. The molecule has 2 heterocycles. The van der Waals surface area contributed by atoms with Gasteiger partial charge in [0, 0.05) is 32.2 Å². The van der Waals surface area contributed by atoms with E-state index in [4.69, 9.17) is 9.47 Å². The molecule has 4 rings (SSSR count). The summed E-state index contributed by atoms with van der Waals surface area (Å²) in [4.78, 5) is 11.2. The van der Waals surface area contributed by atoms with E-state index in [0.717, 1.165) is 11.4 Å². The average Bonchev–Trinajstić information content (AvgIpc) is 2.81. The van der Waals surface area contributed by atoms with Gasteiger partial charge in [0.25, 0.3) is 0 Å². The number of sulfonamides is 1. The molecule has 33 heavy (non-hydrogen) atoms. The first-order valence-electron chi connectivity index (χ1n) is 10.9. The summed E-state index contributed by atoms with van der Waals surface area (Å²) >= 11 is 0. The van der Waals surface area contributed by atoms with Crippen LogP contribution in [0.15, 0.2) is 59.5 Å². The third kappa shape index (κ3) is 5.26. The van der Waals surface area contributed by atoms with Crippen molar-refractivity contribution >= 4 is 15.8 Å². The minimum atomic E-state index is -3.59. The van der Waals surface area contributed by atoms with E-state index in [1.165, 1.54) is 4.31 Å². The molecule has 2 aromatic carbocycles. The molecule has 0 saturated carbocycles. The number of hydrogen-bond donors (Lipinski definition) is 0. The highest BCUT2D eigenvalue weighted by atomic mass is 32.2. The Labute approximate surface area is 194 Å². The minimum absolute atomic E-state index is 0.285. The molecule has 0 N–H and O–H groups in total. The van der Waals surface area contributed by atoms with Crippen molar-refractivity contribution in [3.8, 4) is 17.4 Å². The maximum absolute atomic E-state index is 13.2. The van der Waals surface area contributed by atoms with Gasteiger partial charge in [-0.3, -0.25) is 0 Å².